The summed E-state index contributed by atoms with van der Waals surface area (Å²) < 4.78 is 0. The van der Waals surface area contributed by atoms with Gasteiger partial charge in [0.05, 0.1) is 6.10 Å². The zero-order valence-corrected chi connectivity index (χ0v) is 9.32. The number of nitrogens with one attached hydrogen (secondary N) is 1. The first-order valence-electron chi connectivity index (χ1n) is 6.05. The quantitative estimate of drug-likeness (QED) is 0.657. The predicted molar refractivity (Wildman–Crippen MR) is 64.1 cm³/mol. The second kappa shape index (κ2) is 3.75. The molecule has 0 spiro atoms. The zero-order chi connectivity index (χ0) is 11.1. The third-order valence-electron chi connectivity index (χ3n) is 3.79. The van der Waals surface area contributed by atoms with Gasteiger partial charge in [-0.15, -0.1) is 0 Å². The Morgan fingerprint density at radius 3 is 2.88 bits per heavy atom. The Labute approximate surface area is 95.7 Å². The Morgan fingerprint density at radius 2 is 2.12 bits per heavy atom. The number of aryl methyl sites for hydroxylation is 1. The van der Waals surface area contributed by atoms with E-state index in [4.69, 9.17) is 5.73 Å². The van der Waals surface area contributed by atoms with Gasteiger partial charge in [-0.1, -0.05) is 6.07 Å². The van der Waals surface area contributed by atoms with Gasteiger partial charge in [0, 0.05) is 17.8 Å². The van der Waals surface area contributed by atoms with E-state index in [0.29, 0.717) is 12.1 Å². The van der Waals surface area contributed by atoms with Crippen molar-refractivity contribution >= 4 is 5.69 Å². The van der Waals surface area contributed by atoms with Gasteiger partial charge in [-0.2, -0.15) is 0 Å². The summed E-state index contributed by atoms with van der Waals surface area (Å²) in [6, 6.07) is 7.18. The molecule has 2 aliphatic rings. The molecule has 0 saturated heterocycles. The number of nitrogen functional groups attached to an aromatic ring is 1. The van der Waals surface area contributed by atoms with Crippen LogP contribution in [0.5, 0.6) is 0 Å². The largest absolute Gasteiger partial charge is 0.399 e. The first kappa shape index (κ1) is 10.1. The topological polar surface area (TPSA) is 58.3 Å². The number of aliphatic hydroxyl groups is 1. The van der Waals surface area contributed by atoms with Crippen molar-refractivity contribution in [2.24, 2.45) is 0 Å². The minimum atomic E-state index is -0.0789. The van der Waals surface area contributed by atoms with E-state index in [-0.39, 0.29) is 6.10 Å². The fourth-order valence-electron chi connectivity index (χ4n) is 2.82. The molecule has 1 aromatic rings. The first-order chi connectivity index (χ1) is 7.72. The minimum absolute atomic E-state index is 0.0789. The third kappa shape index (κ3) is 1.70. The molecule has 3 rings (SSSR count). The van der Waals surface area contributed by atoms with Crippen molar-refractivity contribution in [1.29, 1.82) is 0 Å². The van der Waals surface area contributed by atoms with Crippen LogP contribution in [0, 0.1) is 0 Å². The van der Waals surface area contributed by atoms with E-state index < -0.39 is 0 Å². The van der Waals surface area contributed by atoms with Crippen LogP contribution >= 0.6 is 0 Å². The van der Waals surface area contributed by atoms with Crippen molar-refractivity contribution in [3.05, 3.63) is 29.3 Å². The van der Waals surface area contributed by atoms with Crippen LogP contribution in [0.4, 0.5) is 5.69 Å². The lowest BCUT2D eigenvalue weighted by Crippen LogP contribution is -2.45. The molecule has 1 fully saturated rings. The zero-order valence-electron chi connectivity index (χ0n) is 9.32. The van der Waals surface area contributed by atoms with Gasteiger partial charge >= 0.3 is 0 Å². The predicted octanol–water partition coefficient (Wildman–Crippen LogP) is 1.37. The SMILES string of the molecule is Nc1ccc2c(c1)CCC2NC1CC(O)C1. The van der Waals surface area contributed by atoms with Crippen LogP contribution in [0.15, 0.2) is 18.2 Å². The molecule has 16 heavy (non-hydrogen) atoms. The number of benzene rings is 1. The number of hydrogen-bond acceptors (Lipinski definition) is 3. The molecule has 0 radical (unpaired) electrons. The number of hydrogen-bond donors (Lipinski definition) is 3. The molecule has 0 aliphatic heterocycles. The van der Waals surface area contributed by atoms with Crippen LogP contribution in [0.1, 0.15) is 36.4 Å². The second-order valence-electron chi connectivity index (χ2n) is 5.04. The van der Waals surface area contributed by atoms with Gasteiger partial charge in [-0.3, -0.25) is 0 Å². The van der Waals surface area contributed by atoms with Crippen molar-refractivity contribution in [3.8, 4) is 0 Å². The smallest absolute Gasteiger partial charge is 0.0570 e. The lowest BCUT2D eigenvalue weighted by atomic mass is 9.88. The van der Waals surface area contributed by atoms with Crippen LogP contribution in [-0.2, 0) is 6.42 Å². The monoisotopic (exact) mass is 218 g/mol. The van der Waals surface area contributed by atoms with Crippen molar-refractivity contribution in [2.45, 2.75) is 43.9 Å². The summed E-state index contributed by atoms with van der Waals surface area (Å²) in [4.78, 5) is 0. The van der Waals surface area contributed by atoms with E-state index in [1.165, 1.54) is 11.1 Å². The Kier molecular flexibility index (Phi) is 2.37. The standard InChI is InChI=1S/C13H18N2O/c14-9-2-3-12-8(5-9)1-4-13(12)15-10-6-11(16)7-10/h2-3,5,10-11,13,15-16H,1,4,6-7,14H2. The summed E-state index contributed by atoms with van der Waals surface area (Å²) in [5.74, 6) is 0. The summed E-state index contributed by atoms with van der Waals surface area (Å²) in [7, 11) is 0. The molecule has 1 unspecified atom stereocenters. The number of anilines is 1. The fraction of sp³-hybridized carbons (Fsp3) is 0.538. The third-order valence-corrected chi connectivity index (χ3v) is 3.79. The van der Waals surface area contributed by atoms with E-state index in [1.807, 2.05) is 6.07 Å². The van der Waals surface area contributed by atoms with Crippen molar-refractivity contribution in [1.82, 2.24) is 5.32 Å². The highest BCUT2D eigenvalue weighted by Gasteiger charge is 2.31. The first-order valence-corrected chi connectivity index (χ1v) is 6.05. The molecule has 1 aromatic carbocycles. The minimum Gasteiger partial charge on any atom is -0.399 e. The second-order valence-corrected chi connectivity index (χ2v) is 5.04. The van der Waals surface area contributed by atoms with Gasteiger partial charge in [-0.25, -0.2) is 0 Å². The highest BCUT2D eigenvalue weighted by Crippen LogP contribution is 2.34. The molecule has 1 atom stereocenters. The maximum atomic E-state index is 9.27. The molecule has 1 saturated carbocycles. The van der Waals surface area contributed by atoms with Crippen molar-refractivity contribution in [2.75, 3.05) is 5.73 Å². The lowest BCUT2D eigenvalue weighted by Gasteiger charge is -2.34. The molecule has 0 heterocycles. The molecule has 86 valence electrons. The normalized spacial score (nSPS) is 32.2. The van der Waals surface area contributed by atoms with E-state index in [2.05, 4.69) is 17.4 Å². The molecule has 0 aromatic heterocycles. The summed E-state index contributed by atoms with van der Waals surface area (Å²) in [5.41, 5.74) is 9.42. The van der Waals surface area contributed by atoms with Crippen LogP contribution in [-0.4, -0.2) is 17.3 Å². The highest BCUT2D eigenvalue weighted by molar-refractivity contribution is 5.47. The molecule has 3 heteroatoms. The Hall–Kier alpha value is -1.06. The maximum Gasteiger partial charge on any atom is 0.0570 e. The van der Waals surface area contributed by atoms with Crippen LogP contribution < -0.4 is 11.1 Å². The molecule has 2 aliphatic carbocycles. The molecular weight excluding hydrogens is 200 g/mol. The number of rotatable bonds is 2. The van der Waals surface area contributed by atoms with Gasteiger partial charge < -0.3 is 16.2 Å². The average molecular weight is 218 g/mol. The number of nitrogens with two attached hydrogens (primary N) is 1. The van der Waals surface area contributed by atoms with E-state index in [9.17, 15) is 5.11 Å². The summed E-state index contributed by atoms with van der Waals surface area (Å²) in [6.45, 7) is 0. The molecule has 4 N–H and O–H groups in total. The molecule has 0 bridgehead atoms. The van der Waals surface area contributed by atoms with Gasteiger partial charge in [0.25, 0.3) is 0 Å². The number of aliphatic hydroxyl groups excluding tert-OH is 1. The van der Waals surface area contributed by atoms with E-state index >= 15 is 0 Å². The van der Waals surface area contributed by atoms with Gasteiger partial charge in [0.1, 0.15) is 0 Å². The molecular formula is C13H18N2O. The fourth-order valence-corrected chi connectivity index (χ4v) is 2.82. The Morgan fingerprint density at radius 1 is 1.31 bits per heavy atom. The highest BCUT2D eigenvalue weighted by atomic mass is 16.3. The summed E-state index contributed by atoms with van der Waals surface area (Å²) in [5, 5.41) is 12.9. The lowest BCUT2D eigenvalue weighted by molar-refractivity contribution is 0.0577. The Bertz CT molecular complexity index is 399. The average Bonchev–Trinajstić information content (AvgIpc) is 2.58. The maximum absolute atomic E-state index is 9.27. The van der Waals surface area contributed by atoms with Crippen LogP contribution in [0.25, 0.3) is 0 Å². The molecule has 0 amide bonds. The van der Waals surface area contributed by atoms with Crippen LogP contribution in [0.3, 0.4) is 0 Å². The van der Waals surface area contributed by atoms with E-state index in [1.54, 1.807) is 0 Å². The summed E-state index contributed by atoms with van der Waals surface area (Å²) in [6.07, 6.45) is 4.00. The summed E-state index contributed by atoms with van der Waals surface area (Å²) >= 11 is 0. The van der Waals surface area contributed by atoms with Crippen LogP contribution in [0.2, 0.25) is 0 Å². The van der Waals surface area contributed by atoms with Gasteiger partial charge in [0.15, 0.2) is 0 Å². The Balaban J connectivity index is 1.71. The van der Waals surface area contributed by atoms with Crippen molar-refractivity contribution < 1.29 is 5.11 Å². The number of fused-ring (bicyclic) bond motifs is 1. The van der Waals surface area contributed by atoms with E-state index in [0.717, 1.165) is 31.4 Å². The van der Waals surface area contributed by atoms with Crippen molar-refractivity contribution in [3.63, 3.8) is 0 Å². The molecule has 3 nitrogen and oxygen atoms in total. The van der Waals surface area contributed by atoms with Gasteiger partial charge in [-0.05, 0) is 48.9 Å². The van der Waals surface area contributed by atoms with Gasteiger partial charge in [0.2, 0.25) is 0 Å².